The largest absolute Gasteiger partial charge is 0.490 e. The second-order valence-electron chi connectivity index (χ2n) is 6.95. The number of ether oxygens (including phenoxy) is 2. The van der Waals surface area contributed by atoms with Gasteiger partial charge in [0.2, 0.25) is 5.91 Å². The van der Waals surface area contributed by atoms with Gasteiger partial charge in [-0.25, -0.2) is 0 Å². The highest BCUT2D eigenvalue weighted by Crippen LogP contribution is 2.34. The Kier molecular flexibility index (Phi) is 7.57. The summed E-state index contributed by atoms with van der Waals surface area (Å²) in [6.45, 7) is 7.48. The van der Waals surface area contributed by atoms with Crippen molar-refractivity contribution < 1.29 is 23.9 Å². The van der Waals surface area contributed by atoms with E-state index in [-0.39, 0.29) is 17.4 Å². The summed E-state index contributed by atoms with van der Waals surface area (Å²) in [4.78, 5) is 40.6. The third-order valence-electron chi connectivity index (χ3n) is 4.80. The molecule has 0 spiro atoms. The zero-order valence-corrected chi connectivity index (χ0v) is 17.9. The van der Waals surface area contributed by atoms with Gasteiger partial charge < -0.3 is 14.4 Å². The number of carbonyl (C=O) groups is 3. The molecule has 160 valence electrons. The molecule has 0 saturated carbocycles. The van der Waals surface area contributed by atoms with Crippen LogP contribution in [-0.4, -0.2) is 59.7 Å². The molecule has 30 heavy (non-hydrogen) atoms. The minimum atomic E-state index is -0.444. The Bertz CT molecular complexity index is 861. The summed E-state index contributed by atoms with van der Waals surface area (Å²) in [6.07, 6.45) is 6.31. The predicted octanol–water partition coefficient (Wildman–Crippen LogP) is 3.70. The van der Waals surface area contributed by atoms with Crippen LogP contribution in [0.3, 0.4) is 0 Å². The summed E-state index contributed by atoms with van der Waals surface area (Å²) in [5.74, 6) is 0.502. The molecule has 7 nitrogen and oxygen atoms in total. The van der Waals surface area contributed by atoms with Crippen LogP contribution in [0.25, 0.3) is 6.08 Å². The summed E-state index contributed by atoms with van der Waals surface area (Å²) < 4.78 is 11.2. The molecule has 3 amide bonds. The SMILES string of the molecule is C=CCOc1ccc(/C=C2\SC(=O)N(CC(=O)N3CCCCC3)C2=O)cc1OCC. The van der Waals surface area contributed by atoms with Crippen LogP contribution in [0.4, 0.5) is 4.79 Å². The van der Waals surface area contributed by atoms with E-state index in [4.69, 9.17) is 9.47 Å². The fourth-order valence-corrected chi connectivity index (χ4v) is 4.16. The summed E-state index contributed by atoms with van der Waals surface area (Å²) in [5, 5.41) is -0.424. The van der Waals surface area contributed by atoms with Crippen LogP contribution in [0.15, 0.2) is 35.8 Å². The molecular formula is C22H26N2O5S. The monoisotopic (exact) mass is 430 g/mol. The Labute approximate surface area is 180 Å². The minimum absolute atomic E-state index is 0.180. The maximum atomic E-state index is 12.7. The van der Waals surface area contributed by atoms with Gasteiger partial charge in [0.05, 0.1) is 11.5 Å². The van der Waals surface area contributed by atoms with Gasteiger partial charge in [-0.15, -0.1) is 0 Å². The number of piperidine rings is 1. The number of imide groups is 1. The van der Waals surface area contributed by atoms with Gasteiger partial charge >= 0.3 is 0 Å². The molecule has 1 aromatic carbocycles. The molecule has 1 aromatic rings. The average molecular weight is 431 g/mol. The lowest BCUT2D eigenvalue weighted by Crippen LogP contribution is -2.44. The fraction of sp³-hybridized carbons (Fsp3) is 0.409. The number of benzene rings is 1. The first-order valence-corrected chi connectivity index (χ1v) is 10.9. The van der Waals surface area contributed by atoms with Crippen LogP contribution in [0, 0.1) is 0 Å². The molecule has 2 aliphatic heterocycles. The third-order valence-corrected chi connectivity index (χ3v) is 5.71. The van der Waals surface area contributed by atoms with Gasteiger partial charge in [0.25, 0.3) is 11.1 Å². The molecular weight excluding hydrogens is 404 g/mol. The number of hydrogen-bond donors (Lipinski definition) is 0. The van der Waals surface area contributed by atoms with E-state index >= 15 is 0 Å². The number of amides is 3. The van der Waals surface area contributed by atoms with Crippen LogP contribution in [-0.2, 0) is 9.59 Å². The van der Waals surface area contributed by atoms with Crippen LogP contribution in [0.1, 0.15) is 31.7 Å². The zero-order valence-electron chi connectivity index (χ0n) is 17.1. The lowest BCUT2D eigenvalue weighted by Gasteiger charge is -2.27. The van der Waals surface area contributed by atoms with E-state index in [1.807, 2.05) is 6.92 Å². The fourth-order valence-electron chi connectivity index (χ4n) is 3.32. The Hall–Kier alpha value is -2.74. The molecule has 8 heteroatoms. The molecule has 0 atom stereocenters. The predicted molar refractivity (Wildman–Crippen MR) is 116 cm³/mol. The maximum absolute atomic E-state index is 12.7. The van der Waals surface area contributed by atoms with Crippen molar-refractivity contribution in [3.8, 4) is 11.5 Å². The van der Waals surface area contributed by atoms with Gasteiger partial charge in [0, 0.05) is 13.1 Å². The quantitative estimate of drug-likeness (QED) is 0.462. The number of carbonyl (C=O) groups excluding carboxylic acids is 3. The van der Waals surface area contributed by atoms with Crippen LogP contribution in [0.2, 0.25) is 0 Å². The van der Waals surface area contributed by atoms with Crippen molar-refractivity contribution in [1.29, 1.82) is 0 Å². The number of thioether (sulfide) groups is 1. The molecule has 2 fully saturated rings. The molecule has 2 aliphatic rings. The minimum Gasteiger partial charge on any atom is -0.490 e. The summed E-state index contributed by atoms with van der Waals surface area (Å²) in [5.41, 5.74) is 0.706. The van der Waals surface area contributed by atoms with Gasteiger partial charge in [0.1, 0.15) is 13.2 Å². The first-order valence-electron chi connectivity index (χ1n) is 10.1. The zero-order chi connectivity index (χ0) is 21.5. The second-order valence-corrected chi connectivity index (χ2v) is 7.94. The van der Waals surface area contributed by atoms with E-state index in [9.17, 15) is 14.4 Å². The highest BCUT2D eigenvalue weighted by Gasteiger charge is 2.37. The van der Waals surface area contributed by atoms with Gasteiger partial charge in [-0.05, 0) is 61.7 Å². The molecule has 3 rings (SSSR count). The number of likely N-dealkylation sites (tertiary alicyclic amines) is 1. The van der Waals surface area contributed by atoms with Crippen molar-refractivity contribution in [2.24, 2.45) is 0 Å². The Morgan fingerprint density at radius 1 is 1.17 bits per heavy atom. The summed E-state index contributed by atoms with van der Waals surface area (Å²) in [7, 11) is 0. The first-order chi connectivity index (χ1) is 14.5. The Balaban J connectivity index is 1.73. The highest BCUT2D eigenvalue weighted by molar-refractivity contribution is 8.18. The normalized spacial score (nSPS) is 18.1. The Morgan fingerprint density at radius 2 is 1.93 bits per heavy atom. The second kappa shape index (κ2) is 10.3. The van der Waals surface area contributed by atoms with Crippen molar-refractivity contribution in [1.82, 2.24) is 9.80 Å². The van der Waals surface area contributed by atoms with Gasteiger partial charge in [0.15, 0.2) is 11.5 Å². The lowest BCUT2D eigenvalue weighted by atomic mass is 10.1. The van der Waals surface area contributed by atoms with Crippen molar-refractivity contribution in [2.75, 3.05) is 32.8 Å². The molecule has 0 N–H and O–H groups in total. The van der Waals surface area contributed by atoms with E-state index < -0.39 is 11.1 Å². The van der Waals surface area contributed by atoms with E-state index in [0.717, 1.165) is 35.9 Å². The van der Waals surface area contributed by atoms with Crippen LogP contribution >= 0.6 is 11.8 Å². The van der Waals surface area contributed by atoms with E-state index in [1.165, 1.54) is 0 Å². The molecule has 2 saturated heterocycles. The number of hydrogen-bond acceptors (Lipinski definition) is 6. The maximum Gasteiger partial charge on any atom is 0.294 e. The Morgan fingerprint density at radius 3 is 2.63 bits per heavy atom. The van der Waals surface area contributed by atoms with E-state index in [0.29, 0.717) is 43.4 Å². The third kappa shape index (κ3) is 5.24. The van der Waals surface area contributed by atoms with Crippen molar-refractivity contribution >= 4 is 34.9 Å². The first kappa shape index (κ1) is 22.0. The average Bonchev–Trinajstić information content (AvgIpc) is 3.01. The van der Waals surface area contributed by atoms with Crippen LogP contribution < -0.4 is 9.47 Å². The summed E-state index contributed by atoms with van der Waals surface area (Å²) >= 11 is 0.845. The smallest absolute Gasteiger partial charge is 0.294 e. The topological polar surface area (TPSA) is 76.2 Å². The number of rotatable bonds is 8. The standard InChI is InChI=1S/C22H26N2O5S/c1-3-12-29-17-9-8-16(13-18(17)28-4-2)14-19-21(26)24(22(27)30-19)15-20(25)23-10-6-5-7-11-23/h3,8-9,13-14H,1,4-7,10-12,15H2,2H3/b19-14-. The lowest BCUT2D eigenvalue weighted by molar-refractivity contribution is -0.136. The van der Waals surface area contributed by atoms with Gasteiger partial charge in [-0.2, -0.15) is 0 Å². The molecule has 0 radical (unpaired) electrons. The number of nitrogens with zero attached hydrogens (tertiary/aromatic N) is 2. The summed E-state index contributed by atoms with van der Waals surface area (Å²) in [6, 6.07) is 5.30. The van der Waals surface area contributed by atoms with Crippen molar-refractivity contribution in [2.45, 2.75) is 26.2 Å². The van der Waals surface area contributed by atoms with E-state index in [1.54, 1.807) is 35.3 Å². The van der Waals surface area contributed by atoms with E-state index in [2.05, 4.69) is 6.58 Å². The molecule has 0 aliphatic carbocycles. The highest BCUT2D eigenvalue weighted by atomic mass is 32.2. The van der Waals surface area contributed by atoms with Crippen LogP contribution in [0.5, 0.6) is 11.5 Å². The molecule has 0 aromatic heterocycles. The van der Waals surface area contributed by atoms with Crippen molar-refractivity contribution in [3.05, 3.63) is 41.3 Å². The molecule has 0 bridgehead atoms. The molecule has 0 unspecified atom stereocenters. The van der Waals surface area contributed by atoms with Gasteiger partial charge in [-0.3, -0.25) is 19.3 Å². The molecule has 2 heterocycles. The van der Waals surface area contributed by atoms with Gasteiger partial charge in [-0.1, -0.05) is 18.7 Å². The van der Waals surface area contributed by atoms with Crippen molar-refractivity contribution in [3.63, 3.8) is 0 Å².